The number of hydrogen-bond acceptors (Lipinski definition) is 6. The van der Waals surface area contributed by atoms with Gasteiger partial charge in [0.05, 0.1) is 6.61 Å². The van der Waals surface area contributed by atoms with Gasteiger partial charge in [-0.2, -0.15) is 0 Å². The molecule has 0 aliphatic heterocycles. The zero-order valence-corrected chi connectivity index (χ0v) is 11.9. The van der Waals surface area contributed by atoms with Crippen molar-refractivity contribution in [3.05, 3.63) is 17.5 Å². The SMILES string of the molecule is COCC(NC(=O)c1cc(C)on1)C(=O)N[C@@H](C)C(=O)O. The second kappa shape index (κ2) is 7.39. The first-order valence-corrected chi connectivity index (χ1v) is 6.11. The van der Waals surface area contributed by atoms with Crippen LogP contribution in [0.1, 0.15) is 23.2 Å². The normalized spacial score (nSPS) is 13.3. The van der Waals surface area contributed by atoms with Crippen LogP contribution in [-0.2, 0) is 14.3 Å². The molecule has 0 aliphatic rings. The van der Waals surface area contributed by atoms with E-state index in [1.807, 2.05) is 0 Å². The zero-order valence-electron chi connectivity index (χ0n) is 11.9. The smallest absolute Gasteiger partial charge is 0.325 e. The Balaban J connectivity index is 2.70. The summed E-state index contributed by atoms with van der Waals surface area (Å²) in [5.41, 5.74) is 0.0210. The molecule has 1 aromatic rings. The van der Waals surface area contributed by atoms with E-state index < -0.39 is 29.9 Å². The Hall–Kier alpha value is -2.42. The maximum atomic E-state index is 11.9. The summed E-state index contributed by atoms with van der Waals surface area (Å²) >= 11 is 0. The van der Waals surface area contributed by atoms with Crippen LogP contribution in [-0.4, -0.2) is 53.8 Å². The average molecular weight is 299 g/mol. The number of rotatable bonds is 7. The molecule has 1 unspecified atom stereocenters. The van der Waals surface area contributed by atoms with E-state index in [0.717, 1.165) is 0 Å². The molecule has 3 N–H and O–H groups in total. The van der Waals surface area contributed by atoms with Gasteiger partial charge >= 0.3 is 5.97 Å². The molecule has 0 spiro atoms. The van der Waals surface area contributed by atoms with Gasteiger partial charge in [-0.1, -0.05) is 5.16 Å². The van der Waals surface area contributed by atoms with Crippen LogP contribution >= 0.6 is 0 Å². The summed E-state index contributed by atoms with van der Waals surface area (Å²) in [6.45, 7) is 2.82. The fourth-order valence-electron chi connectivity index (χ4n) is 1.43. The second-order valence-electron chi connectivity index (χ2n) is 4.37. The molecular weight excluding hydrogens is 282 g/mol. The van der Waals surface area contributed by atoms with Crippen molar-refractivity contribution in [3.63, 3.8) is 0 Å². The van der Waals surface area contributed by atoms with Gasteiger partial charge < -0.3 is 25.0 Å². The summed E-state index contributed by atoms with van der Waals surface area (Å²) in [4.78, 5) is 34.5. The van der Waals surface area contributed by atoms with E-state index in [9.17, 15) is 14.4 Å². The number of aryl methyl sites for hydroxylation is 1. The predicted molar refractivity (Wildman–Crippen MR) is 69.6 cm³/mol. The van der Waals surface area contributed by atoms with Gasteiger partial charge in [0, 0.05) is 13.2 Å². The Morgan fingerprint density at radius 3 is 2.57 bits per heavy atom. The van der Waals surface area contributed by atoms with Crippen LogP contribution in [0, 0.1) is 6.92 Å². The van der Waals surface area contributed by atoms with Crippen LogP contribution in [0.3, 0.4) is 0 Å². The molecule has 0 saturated carbocycles. The Morgan fingerprint density at radius 2 is 2.10 bits per heavy atom. The minimum atomic E-state index is -1.18. The summed E-state index contributed by atoms with van der Waals surface area (Å²) in [5, 5.41) is 16.9. The molecule has 2 amide bonds. The number of aliphatic carboxylic acids is 1. The molecule has 1 rings (SSSR count). The number of carbonyl (C=O) groups excluding carboxylic acids is 2. The number of ether oxygens (including phenoxy) is 1. The summed E-state index contributed by atoms with van der Waals surface area (Å²) in [6, 6.07) is -0.707. The highest BCUT2D eigenvalue weighted by molar-refractivity contribution is 5.96. The molecular formula is C12H17N3O6. The first-order chi connectivity index (χ1) is 9.85. The summed E-state index contributed by atoms with van der Waals surface area (Å²) in [6.07, 6.45) is 0. The molecule has 0 aromatic carbocycles. The van der Waals surface area contributed by atoms with E-state index in [-0.39, 0.29) is 12.3 Å². The fourth-order valence-corrected chi connectivity index (χ4v) is 1.43. The summed E-state index contributed by atoms with van der Waals surface area (Å²) in [7, 11) is 1.35. The van der Waals surface area contributed by atoms with Crippen molar-refractivity contribution in [2.24, 2.45) is 0 Å². The third kappa shape index (κ3) is 4.88. The Labute approximate surface area is 120 Å². The second-order valence-corrected chi connectivity index (χ2v) is 4.37. The fraction of sp³-hybridized carbons (Fsp3) is 0.500. The number of carboxylic acid groups (broad SMARTS) is 1. The molecule has 21 heavy (non-hydrogen) atoms. The van der Waals surface area contributed by atoms with Crippen LogP contribution in [0.4, 0.5) is 0 Å². The predicted octanol–water partition coefficient (Wildman–Crippen LogP) is -0.683. The van der Waals surface area contributed by atoms with Gasteiger partial charge in [0.2, 0.25) is 5.91 Å². The van der Waals surface area contributed by atoms with E-state index in [1.54, 1.807) is 6.92 Å². The highest BCUT2D eigenvalue weighted by Gasteiger charge is 2.25. The number of nitrogens with zero attached hydrogens (tertiary/aromatic N) is 1. The van der Waals surface area contributed by atoms with E-state index in [0.29, 0.717) is 5.76 Å². The molecule has 9 heteroatoms. The van der Waals surface area contributed by atoms with Crippen molar-refractivity contribution >= 4 is 17.8 Å². The highest BCUT2D eigenvalue weighted by atomic mass is 16.5. The van der Waals surface area contributed by atoms with E-state index in [4.69, 9.17) is 14.4 Å². The Morgan fingerprint density at radius 1 is 1.43 bits per heavy atom. The average Bonchev–Trinajstić information content (AvgIpc) is 2.84. The van der Waals surface area contributed by atoms with E-state index in [2.05, 4.69) is 15.8 Å². The summed E-state index contributed by atoms with van der Waals surface area (Å²) < 4.78 is 9.61. The lowest BCUT2D eigenvalue weighted by molar-refractivity contribution is -0.141. The molecule has 2 atom stereocenters. The van der Waals surface area contributed by atoms with Gasteiger partial charge in [-0.05, 0) is 13.8 Å². The maximum Gasteiger partial charge on any atom is 0.325 e. The number of amides is 2. The number of carboxylic acids is 1. The molecule has 0 saturated heterocycles. The molecule has 0 bridgehead atoms. The Bertz CT molecular complexity index is 527. The van der Waals surface area contributed by atoms with Gasteiger partial charge in [0.15, 0.2) is 5.69 Å². The van der Waals surface area contributed by atoms with Gasteiger partial charge in [-0.3, -0.25) is 14.4 Å². The summed E-state index contributed by atoms with van der Waals surface area (Å²) in [5.74, 6) is -2.02. The molecule has 0 aliphatic carbocycles. The maximum absolute atomic E-state index is 11.9. The minimum Gasteiger partial charge on any atom is -0.480 e. The first-order valence-electron chi connectivity index (χ1n) is 6.11. The number of aromatic nitrogens is 1. The third-order valence-electron chi connectivity index (χ3n) is 2.54. The van der Waals surface area contributed by atoms with Crippen LogP contribution in [0.5, 0.6) is 0 Å². The quantitative estimate of drug-likeness (QED) is 0.607. The zero-order chi connectivity index (χ0) is 16.0. The first kappa shape index (κ1) is 16.6. The number of hydrogen-bond donors (Lipinski definition) is 3. The van der Waals surface area contributed by atoms with Crippen molar-refractivity contribution in [1.82, 2.24) is 15.8 Å². The van der Waals surface area contributed by atoms with Gasteiger partial charge in [0.1, 0.15) is 17.8 Å². The monoisotopic (exact) mass is 299 g/mol. The molecule has 0 radical (unpaired) electrons. The van der Waals surface area contributed by atoms with Crippen molar-refractivity contribution in [1.29, 1.82) is 0 Å². The lowest BCUT2D eigenvalue weighted by Gasteiger charge is -2.18. The van der Waals surface area contributed by atoms with Crippen molar-refractivity contribution in [3.8, 4) is 0 Å². The number of nitrogens with one attached hydrogen (secondary N) is 2. The number of carbonyl (C=O) groups is 3. The van der Waals surface area contributed by atoms with E-state index in [1.165, 1.54) is 20.1 Å². The van der Waals surface area contributed by atoms with E-state index >= 15 is 0 Å². The lowest BCUT2D eigenvalue weighted by Crippen LogP contribution is -2.52. The van der Waals surface area contributed by atoms with Crippen LogP contribution in [0.2, 0.25) is 0 Å². The van der Waals surface area contributed by atoms with Gasteiger partial charge in [0.25, 0.3) is 5.91 Å². The van der Waals surface area contributed by atoms with Gasteiger partial charge in [-0.15, -0.1) is 0 Å². The highest BCUT2D eigenvalue weighted by Crippen LogP contribution is 2.02. The molecule has 116 valence electrons. The standard InChI is InChI=1S/C12H17N3O6/c1-6-4-8(15-21-6)10(16)14-9(5-20-3)11(17)13-7(2)12(18)19/h4,7,9H,5H2,1-3H3,(H,13,17)(H,14,16)(H,18,19)/t7-,9?/m0/s1. The Kier molecular flexibility index (Phi) is 5.85. The largest absolute Gasteiger partial charge is 0.480 e. The van der Waals surface area contributed by atoms with Crippen LogP contribution in [0.15, 0.2) is 10.6 Å². The lowest BCUT2D eigenvalue weighted by atomic mass is 10.2. The van der Waals surface area contributed by atoms with Crippen LogP contribution < -0.4 is 10.6 Å². The molecule has 1 heterocycles. The van der Waals surface area contributed by atoms with Gasteiger partial charge in [-0.25, -0.2) is 0 Å². The topological polar surface area (TPSA) is 131 Å². The van der Waals surface area contributed by atoms with Crippen molar-refractivity contribution in [2.75, 3.05) is 13.7 Å². The van der Waals surface area contributed by atoms with Crippen molar-refractivity contribution < 1.29 is 28.8 Å². The number of methoxy groups -OCH3 is 1. The third-order valence-corrected chi connectivity index (χ3v) is 2.54. The van der Waals surface area contributed by atoms with Crippen molar-refractivity contribution in [2.45, 2.75) is 25.9 Å². The van der Waals surface area contributed by atoms with Crippen LogP contribution in [0.25, 0.3) is 0 Å². The minimum absolute atomic E-state index is 0.0210. The molecule has 1 aromatic heterocycles. The molecule has 0 fully saturated rings. The molecule has 9 nitrogen and oxygen atoms in total.